The van der Waals surface area contributed by atoms with Crippen LogP contribution < -0.4 is 5.32 Å². The van der Waals surface area contributed by atoms with Crippen LogP contribution in [0.3, 0.4) is 0 Å². The smallest absolute Gasteiger partial charge is 0.336 e. The van der Waals surface area contributed by atoms with Crippen LogP contribution in [0.5, 0.6) is 0 Å². The second kappa shape index (κ2) is 10.9. The van der Waals surface area contributed by atoms with E-state index in [9.17, 15) is 14.7 Å². The minimum atomic E-state index is -1.15. The van der Waals surface area contributed by atoms with Gasteiger partial charge in [-0.15, -0.1) is 0 Å². The van der Waals surface area contributed by atoms with Gasteiger partial charge in [0.15, 0.2) is 0 Å². The zero-order valence-electron chi connectivity index (χ0n) is 18.7. The number of likely N-dealkylation sites (N-methyl/N-ethyl adjacent to an activating group) is 1. The van der Waals surface area contributed by atoms with Gasteiger partial charge in [0, 0.05) is 24.5 Å². The van der Waals surface area contributed by atoms with Crippen LogP contribution in [0.1, 0.15) is 30.9 Å². The average molecular weight is 489 g/mol. The van der Waals surface area contributed by atoms with Crippen LogP contribution >= 0.6 is 23.2 Å². The molecule has 174 valence electrons. The van der Waals surface area contributed by atoms with Crippen molar-refractivity contribution in [3.8, 4) is 0 Å². The summed E-state index contributed by atoms with van der Waals surface area (Å²) in [6.45, 7) is 4.75. The highest BCUT2D eigenvalue weighted by atomic mass is 35.5. The van der Waals surface area contributed by atoms with Crippen LogP contribution in [0.15, 0.2) is 71.1 Å². The maximum absolute atomic E-state index is 13.2. The summed E-state index contributed by atoms with van der Waals surface area (Å²) in [6, 6.07) is 15.0. The summed E-state index contributed by atoms with van der Waals surface area (Å²) in [5.74, 6) is -2.66. The van der Waals surface area contributed by atoms with Crippen LogP contribution in [0.25, 0.3) is 0 Å². The first kappa shape index (κ1) is 24.8. The molecule has 3 rings (SSSR count). The molecule has 2 aromatic rings. The molecule has 0 fully saturated rings. The number of carboxylic acid groups (broad SMARTS) is 1. The number of rotatable bonds is 8. The number of hydrogen-bond donors (Lipinski definition) is 2. The van der Waals surface area contributed by atoms with Crippen molar-refractivity contribution in [1.29, 1.82) is 0 Å². The van der Waals surface area contributed by atoms with Crippen molar-refractivity contribution in [2.24, 2.45) is 0 Å². The number of carbonyl (C=O) groups is 2. The lowest BCUT2D eigenvalue weighted by molar-refractivity contribution is -0.139. The monoisotopic (exact) mass is 488 g/mol. The highest BCUT2D eigenvalue weighted by molar-refractivity contribution is 6.42. The first-order valence-electron chi connectivity index (χ1n) is 10.5. The van der Waals surface area contributed by atoms with Gasteiger partial charge >= 0.3 is 11.9 Å². The molecule has 33 heavy (non-hydrogen) atoms. The number of nitrogens with zero attached hydrogens (tertiary/aromatic N) is 1. The predicted octanol–water partition coefficient (Wildman–Crippen LogP) is 4.99. The molecule has 1 heterocycles. The second-order valence-electron chi connectivity index (χ2n) is 7.94. The van der Waals surface area contributed by atoms with Crippen molar-refractivity contribution in [1.82, 2.24) is 10.2 Å². The number of halogens is 2. The summed E-state index contributed by atoms with van der Waals surface area (Å²) in [5, 5.41) is 13.4. The Hall–Kier alpha value is -2.80. The van der Waals surface area contributed by atoms with Crippen molar-refractivity contribution < 1.29 is 19.4 Å². The Kier molecular flexibility index (Phi) is 8.19. The summed E-state index contributed by atoms with van der Waals surface area (Å²) in [7, 11) is 1.94. The highest BCUT2D eigenvalue weighted by Crippen LogP contribution is 2.43. The molecule has 8 heteroatoms. The molecule has 0 amide bonds. The molecule has 1 atom stereocenters. The number of aliphatic carboxylic acids is 1. The largest absolute Gasteiger partial charge is 0.478 e. The Labute approximate surface area is 203 Å². The second-order valence-corrected chi connectivity index (χ2v) is 8.73. The SMILES string of the molecule is CC1=C(C(=O)O)C(c2cccc(Cl)c2Cl)C(C(=O)OCCN(C)Cc2ccccc2)=C(C)N1. The number of carbonyl (C=O) groups excluding carboxylic acids is 1. The number of ether oxygens (including phenoxy) is 1. The molecule has 0 radical (unpaired) electrons. The van der Waals surface area contributed by atoms with Gasteiger partial charge in [-0.05, 0) is 38.1 Å². The fraction of sp³-hybridized carbons (Fsp3) is 0.280. The Morgan fingerprint density at radius 2 is 1.70 bits per heavy atom. The molecule has 2 N–H and O–H groups in total. The first-order chi connectivity index (χ1) is 15.7. The van der Waals surface area contributed by atoms with Crippen LogP contribution in [0.2, 0.25) is 10.0 Å². The van der Waals surface area contributed by atoms with E-state index in [0.29, 0.717) is 30.0 Å². The number of benzene rings is 2. The Balaban J connectivity index is 1.81. The molecule has 0 aromatic heterocycles. The van der Waals surface area contributed by atoms with Crippen LogP contribution in [0, 0.1) is 0 Å². The van der Waals surface area contributed by atoms with Crippen molar-refractivity contribution in [3.63, 3.8) is 0 Å². The molecule has 0 saturated carbocycles. The van der Waals surface area contributed by atoms with E-state index >= 15 is 0 Å². The lowest BCUT2D eigenvalue weighted by Crippen LogP contribution is -2.33. The zero-order valence-corrected chi connectivity index (χ0v) is 20.2. The summed E-state index contributed by atoms with van der Waals surface area (Å²) >= 11 is 12.6. The van der Waals surface area contributed by atoms with E-state index in [2.05, 4.69) is 5.32 Å². The fourth-order valence-electron chi connectivity index (χ4n) is 3.95. The summed E-state index contributed by atoms with van der Waals surface area (Å²) < 4.78 is 5.58. The summed E-state index contributed by atoms with van der Waals surface area (Å²) in [6.07, 6.45) is 0. The maximum atomic E-state index is 13.2. The summed E-state index contributed by atoms with van der Waals surface area (Å²) in [4.78, 5) is 27.4. The normalized spacial score (nSPS) is 16.1. The number of carboxylic acids is 1. The van der Waals surface area contributed by atoms with Crippen molar-refractivity contribution in [2.45, 2.75) is 26.3 Å². The van der Waals surface area contributed by atoms with Gasteiger partial charge in [0.2, 0.25) is 0 Å². The molecule has 1 aliphatic rings. The third kappa shape index (κ3) is 5.77. The predicted molar refractivity (Wildman–Crippen MR) is 129 cm³/mol. The molecular weight excluding hydrogens is 463 g/mol. The van der Waals surface area contributed by atoms with Crippen LogP contribution in [-0.2, 0) is 20.9 Å². The lowest BCUT2D eigenvalue weighted by Gasteiger charge is -2.30. The Morgan fingerprint density at radius 3 is 2.36 bits per heavy atom. The third-order valence-electron chi connectivity index (χ3n) is 5.50. The third-order valence-corrected chi connectivity index (χ3v) is 6.34. The minimum Gasteiger partial charge on any atom is -0.478 e. The van der Waals surface area contributed by atoms with E-state index in [4.69, 9.17) is 27.9 Å². The van der Waals surface area contributed by atoms with Gasteiger partial charge in [0.25, 0.3) is 0 Å². The van der Waals surface area contributed by atoms with E-state index in [1.54, 1.807) is 32.0 Å². The van der Waals surface area contributed by atoms with Gasteiger partial charge in [-0.3, -0.25) is 4.90 Å². The number of nitrogens with one attached hydrogen (secondary N) is 1. The number of dihydropyridines is 1. The molecule has 6 nitrogen and oxygen atoms in total. The zero-order chi connectivity index (χ0) is 24.1. The number of esters is 1. The minimum absolute atomic E-state index is 0.0258. The summed E-state index contributed by atoms with van der Waals surface area (Å²) in [5.41, 5.74) is 2.77. The Bertz CT molecular complexity index is 1110. The quantitative estimate of drug-likeness (QED) is 0.509. The molecule has 0 bridgehead atoms. The van der Waals surface area contributed by atoms with E-state index in [1.165, 1.54) is 0 Å². The maximum Gasteiger partial charge on any atom is 0.336 e. The molecular formula is C25H26Cl2N2O4. The van der Waals surface area contributed by atoms with Gasteiger partial charge in [-0.1, -0.05) is 65.7 Å². The van der Waals surface area contributed by atoms with E-state index in [-0.39, 0.29) is 27.8 Å². The van der Waals surface area contributed by atoms with Crippen molar-refractivity contribution >= 4 is 35.1 Å². The lowest BCUT2D eigenvalue weighted by atomic mass is 9.80. The van der Waals surface area contributed by atoms with Gasteiger partial charge in [0.05, 0.1) is 27.1 Å². The van der Waals surface area contributed by atoms with Crippen LogP contribution in [-0.4, -0.2) is 42.1 Å². The molecule has 0 spiro atoms. The standard InChI is InChI=1S/C25H26Cl2N2O4/c1-15-20(24(30)31)22(18-10-7-11-19(26)23(18)27)21(16(2)28-15)25(32)33-13-12-29(3)14-17-8-5-4-6-9-17/h4-11,22,28H,12-14H2,1-3H3,(H,30,31). The molecule has 1 unspecified atom stereocenters. The van der Waals surface area contributed by atoms with Crippen molar-refractivity contribution in [3.05, 3.63) is 92.2 Å². The van der Waals surface area contributed by atoms with E-state index in [0.717, 1.165) is 5.56 Å². The first-order valence-corrected chi connectivity index (χ1v) is 11.2. The number of allylic oxidation sites excluding steroid dienone is 2. The van der Waals surface area contributed by atoms with Gasteiger partial charge in [0.1, 0.15) is 6.61 Å². The molecule has 0 aliphatic carbocycles. The molecule has 0 saturated heterocycles. The van der Waals surface area contributed by atoms with E-state index < -0.39 is 17.9 Å². The van der Waals surface area contributed by atoms with Gasteiger partial charge < -0.3 is 15.2 Å². The van der Waals surface area contributed by atoms with Gasteiger partial charge in [-0.25, -0.2) is 9.59 Å². The topological polar surface area (TPSA) is 78.9 Å². The average Bonchev–Trinajstić information content (AvgIpc) is 2.75. The Morgan fingerprint density at radius 1 is 1.03 bits per heavy atom. The molecule has 2 aromatic carbocycles. The van der Waals surface area contributed by atoms with Crippen LogP contribution in [0.4, 0.5) is 0 Å². The number of hydrogen-bond acceptors (Lipinski definition) is 5. The van der Waals surface area contributed by atoms with Gasteiger partial charge in [-0.2, -0.15) is 0 Å². The molecule has 1 aliphatic heterocycles. The highest BCUT2D eigenvalue weighted by Gasteiger charge is 2.38. The van der Waals surface area contributed by atoms with Crippen molar-refractivity contribution in [2.75, 3.05) is 20.2 Å². The fourth-order valence-corrected chi connectivity index (χ4v) is 4.37. The van der Waals surface area contributed by atoms with E-state index in [1.807, 2.05) is 42.3 Å².